The number of carbonyl (C=O) groups excluding carboxylic acids is 1. The van der Waals surface area contributed by atoms with Crippen LogP contribution in [0.5, 0.6) is 0 Å². The summed E-state index contributed by atoms with van der Waals surface area (Å²) < 4.78 is 64.4. The largest absolute Gasteiger partial charge is 0.370 e. The van der Waals surface area contributed by atoms with Crippen LogP contribution in [0.2, 0.25) is 10.0 Å². The number of aromatic nitrogens is 1. The summed E-state index contributed by atoms with van der Waals surface area (Å²) in [6.45, 7) is 2.90. The van der Waals surface area contributed by atoms with E-state index in [9.17, 15) is 22.0 Å². The van der Waals surface area contributed by atoms with E-state index in [0.29, 0.717) is 25.2 Å². The summed E-state index contributed by atoms with van der Waals surface area (Å²) in [5.41, 5.74) is 1.36. The molecule has 0 radical (unpaired) electrons. The number of piperidine rings is 1. The molecule has 3 aliphatic rings. The molecule has 3 unspecified atom stereocenters. The van der Waals surface area contributed by atoms with Crippen molar-refractivity contribution < 1.29 is 26.7 Å². The highest BCUT2D eigenvalue weighted by molar-refractivity contribution is 7.89. The van der Waals surface area contributed by atoms with E-state index in [0.717, 1.165) is 31.4 Å². The van der Waals surface area contributed by atoms with Gasteiger partial charge in [-0.3, -0.25) is 9.69 Å². The van der Waals surface area contributed by atoms with Crippen molar-refractivity contribution in [1.29, 1.82) is 0 Å². The second-order valence-corrected chi connectivity index (χ2v) is 14.3. The highest BCUT2D eigenvalue weighted by Gasteiger charge is 2.40. The topological polar surface area (TPSA) is 75.1 Å². The van der Waals surface area contributed by atoms with Crippen LogP contribution in [-0.2, 0) is 26.1 Å². The van der Waals surface area contributed by atoms with E-state index in [1.807, 2.05) is 22.9 Å². The summed E-state index contributed by atoms with van der Waals surface area (Å²) in [4.78, 5) is 16.9. The van der Waals surface area contributed by atoms with Gasteiger partial charge in [-0.05, 0) is 56.4 Å². The lowest BCUT2D eigenvalue weighted by molar-refractivity contribution is -0.138. The molecule has 0 N–H and O–H groups in total. The number of ether oxygens (including phenoxy) is 1. The maximum Gasteiger partial charge on any atom is 0.250 e. The van der Waals surface area contributed by atoms with Crippen LogP contribution in [0.3, 0.4) is 0 Å². The summed E-state index contributed by atoms with van der Waals surface area (Å²) in [5.74, 6) is -2.78. The molecule has 0 spiro atoms. The van der Waals surface area contributed by atoms with Gasteiger partial charge in [0, 0.05) is 70.0 Å². The van der Waals surface area contributed by atoms with Crippen molar-refractivity contribution in [2.75, 3.05) is 39.9 Å². The molecule has 2 aromatic rings. The molecule has 3 atom stereocenters. The van der Waals surface area contributed by atoms with Crippen LogP contribution in [0, 0.1) is 6.92 Å². The van der Waals surface area contributed by atoms with Crippen molar-refractivity contribution in [2.24, 2.45) is 0 Å². The molecule has 1 saturated heterocycles. The van der Waals surface area contributed by atoms with Crippen LogP contribution in [-0.4, -0.2) is 90.9 Å². The Morgan fingerprint density at radius 3 is 2.60 bits per heavy atom. The third-order valence-corrected chi connectivity index (χ3v) is 12.1. The molecule has 13 heteroatoms. The van der Waals surface area contributed by atoms with Gasteiger partial charge in [-0.25, -0.2) is 17.2 Å². The maximum atomic E-state index is 13.9. The van der Waals surface area contributed by atoms with Crippen molar-refractivity contribution in [1.82, 2.24) is 18.7 Å². The zero-order chi connectivity index (χ0) is 30.2. The molecule has 1 aliphatic carbocycles. The fraction of sp³-hybridized carbons (Fsp3) is 0.621. The Balaban J connectivity index is 1.24. The predicted molar refractivity (Wildman–Crippen MR) is 158 cm³/mol. The summed E-state index contributed by atoms with van der Waals surface area (Å²) in [6.07, 6.45) is 5.13. The monoisotopic (exact) mass is 646 g/mol. The van der Waals surface area contributed by atoms with Gasteiger partial charge in [0.15, 0.2) is 0 Å². The minimum Gasteiger partial charge on any atom is -0.370 e. The van der Waals surface area contributed by atoms with E-state index in [1.165, 1.54) is 10.4 Å². The van der Waals surface area contributed by atoms with Crippen molar-refractivity contribution in [3.05, 3.63) is 51.8 Å². The third kappa shape index (κ3) is 6.51. The lowest BCUT2D eigenvalue weighted by Crippen LogP contribution is -2.50. The van der Waals surface area contributed by atoms with E-state index in [4.69, 9.17) is 27.9 Å². The Labute approximate surface area is 256 Å². The number of likely N-dealkylation sites (N-methyl/N-ethyl adjacent to an activating group) is 1. The molecule has 8 nitrogen and oxygen atoms in total. The molecule has 42 heavy (non-hydrogen) atoms. The molecule has 1 aromatic carbocycles. The Morgan fingerprint density at radius 1 is 1.12 bits per heavy atom. The number of halogens is 4. The van der Waals surface area contributed by atoms with Gasteiger partial charge >= 0.3 is 0 Å². The number of hydrogen-bond acceptors (Lipinski definition) is 5. The van der Waals surface area contributed by atoms with Crippen LogP contribution < -0.4 is 0 Å². The number of aryl methyl sites for hydroxylation is 1. The number of hydrogen-bond donors (Lipinski definition) is 0. The number of fused-ring (bicyclic) bond motifs is 1. The van der Waals surface area contributed by atoms with Crippen molar-refractivity contribution >= 4 is 39.1 Å². The summed E-state index contributed by atoms with van der Waals surface area (Å²) in [5, 5.41) is 0.135. The molecule has 3 heterocycles. The second-order valence-electron chi connectivity index (χ2n) is 11.7. The third-order valence-electron chi connectivity index (χ3n) is 9.03. The first kappa shape index (κ1) is 31.7. The van der Waals surface area contributed by atoms with Gasteiger partial charge in [0.2, 0.25) is 15.9 Å². The van der Waals surface area contributed by atoms with Crippen LogP contribution >= 0.6 is 23.2 Å². The maximum absolute atomic E-state index is 13.9. The van der Waals surface area contributed by atoms with Crippen LogP contribution in [0.1, 0.15) is 55.8 Å². The Bertz CT molecular complexity index is 1400. The molecular weight excluding hydrogens is 609 g/mol. The average Bonchev–Trinajstić information content (AvgIpc) is 3.44. The molecule has 0 bridgehead atoms. The molecule has 1 aromatic heterocycles. The average molecular weight is 648 g/mol. The number of likely N-dealkylation sites (tertiary alicyclic amines) is 1. The van der Waals surface area contributed by atoms with Gasteiger partial charge in [-0.15, -0.1) is 0 Å². The van der Waals surface area contributed by atoms with E-state index in [1.54, 1.807) is 24.9 Å². The number of alkyl halides is 2. The van der Waals surface area contributed by atoms with E-state index in [-0.39, 0.29) is 65.5 Å². The van der Waals surface area contributed by atoms with E-state index >= 15 is 0 Å². The lowest BCUT2D eigenvalue weighted by atomic mass is 9.88. The minimum atomic E-state index is -4.09. The van der Waals surface area contributed by atoms with Crippen LogP contribution in [0.4, 0.5) is 8.78 Å². The fourth-order valence-corrected chi connectivity index (χ4v) is 9.20. The zero-order valence-corrected chi connectivity index (χ0v) is 26.3. The van der Waals surface area contributed by atoms with E-state index < -0.39 is 22.0 Å². The quantitative estimate of drug-likeness (QED) is 0.386. The molecule has 1 amide bonds. The van der Waals surface area contributed by atoms with Gasteiger partial charge in [-0.2, -0.15) is 4.31 Å². The molecular formula is C29H38Cl2F2N4O4S. The first-order valence-electron chi connectivity index (χ1n) is 14.5. The normalized spacial score (nSPS) is 25.2. The first-order chi connectivity index (χ1) is 19.9. The highest BCUT2D eigenvalue weighted by atomic mass is 35.5. The first-order valence-corrected chi connectivity index (χ1v) is 16.7. The Hall–Kier alpha value is -1.76. The van der Waals surface area contributed by atoms with Gasteiger partial charge in [0.1, 0.15) is 11.5 Å². The van der Waals surface area contributed by atoms with Gasteiger partial charge in [0.05, 0.1) is 22.7 Å². The summed E-state index contributed by atoms with van der Waals surface area (Å²) in [6, 6.07) is 6.41. The number of carbonyl (C=O) groups is 1. The lowest BCUT2D eigenvalue weighted by Gasteiger charge is -2.43. The smallest absolute Gasteiger partial charge is 0.250 e. The van der Waals surface area contributed by atoms with Gasteiger partial charge < -0.3 is 14.2 Å². The van der Waals surface area contributed by atoms with Gasteiger partial charge in [0.25, 0.3) is 5.92 Å². The van der Waals surface area contributed by atoms with Crippen LogP contribution in [0.25, 0.3) is 0 Å². The summed E-state index contributed by atoms with van der Waals surface area (Å²) >= 11 is 12.8. The Kier molecular flexibility index (Phi) is 9.57. The summed E-state index contributed by atoms with van der Waals surface area (Å²) in [7, 11) is -2.34. The molecule has 2 aliphatic heterocycles. The SMILES string of the molecule is Cc1ccc(Cl)c(S(=O)(=O)N2CCn3cccc3C2COCC(=O)N(C)C2CCCC(N3CCC(F)(F)CC3)C2)c1Cl. The minimum absolute atomic E-state index is 0.00307. The van der Waals surface area contributed by atoms with E-state index in [2.05, 4.69) is 4.90 Å². The predicted octanol–water partition coefficient (Wildman–Crippen LogP) is 5.37. The highest BCUT2D eigenvalue weighted by Crippen LogP contribution is 2.39. The second kappa shape index (κ2) is 12.7. The van der Waals surface area contributed by atoms with Crippen molar-refractivity contribution in [3.63, 3.8) is 0 Å². The standard InChI is InChI=1S/C29H38Cl2F2N4O4S/c1-20-8-9-23(30)28(27(20)31)42(39,40)37-16-15-36-12-4-7-24(36)25(37)18-41-19-26(38)34(2)21-5-3-6-22(17-21)35-13-10-29(32,33)11-14-35/h4,7-9,12,21-22,25H,3,5-6,10-11,13-19H2,1-2H3. The number of nitrogens with zero attached hydrogens (tertiary/aromatic N) is 4. The van der Waals surface area contributed by atoms with Crippen molar-refractivity contribution in [3.8, 4) is 0 Å². The van der Waals surface area contributed by atoms with Crippen LogP contribution in [0.15, 0.2) is 35.4 Å². The molecule has 2 fully saturated rings. The number of amides is 1. The number of sulfonamides is 1. The zero-order valence-electron chi connectivity index (χ0n) is 23.9. The molecule has 5 rings (SSSR count). The molecule has 232 valence electrons. The molecule has 1 saturated carbocycles. The Morgan fingerprint density at radius 2 is 1.86 bits per heavy atom. The number of rotatable bonds is 8. The van der Waals surface area contributed by atoms with Gasteiger partial charge in [-0.1, -0.05) is 29.3 Å². The fourth-order valence-electron chi connectivity index (χ4n) is 6.49. The van der Waals surface area contributed by atoms with Crippen molar-refractivity contribution in [2.45, 2.75) is 80.9 Å². The number of benzene rings is 1.